The van der Waals surface area contributed by atoms with E-state index in [4.69, 9.17) is 16.7 Å². The van der Waals surface area contributed by atoms with Gasteiger partial charge in [-0.25, -0.2) is 13.6 Å². The molecule has 0 spiro atoms. The van der Waals surface area contributed by atoms with Crippen molar-refractivity contribution in [1.29, 1.82) is 0 Å². The summed E-state index contributed by atoms with van der Waals surface area (Å²) in [7, 11) is 0. The predicted molar refractivity (Wildman–Crippen MR) is 72.7 cm³/mol. The van der Waals surface area contributed by atoms with E-state index in [1.807, 2.05) is 0 Å². The third-order valence-corrected chi connectivity index (χ3v) is 2.87. The first kappa shape index (κ1) is 14.9. The summed E-state index contributed by atoms with van der Waals surface area (Å²) < 4.78 is 27.2. The Labute approximate surface area is 123 Å². The van der Waals surface area contributed by atoms with Crippen molar-refractivity contribution in [3.8, 4) is 0 Å². The monoisotopic (exact) mass is 311 g/mol. The smallest absolute Gasteiger partial charge is 0.335 e. The predicted octanol–water partition coefficient (Wildman–Crippen LogP) is 3.57. The van der Waals surface area contributed by atoms with Crippen LogP contribution in [0.1, 0.15) is 20.7 Å². The Kier molecular flexibility index (Phi) is 4.18. The number of aromatic carboxylic acids is 1. The maximum absolute atomic E-state index is 13.7. The average Bonchev–Trinajstić information content (AvgIpc) is 2.43. The van der Waals surface area contributed by atoms with Gasteiger partial charge < -0.3 is 10.4 Å². The normalized spacial score (nSPS) is 10.2. The van der Waals surface area contributed by atoms with Crippen molar-refractivity contribution in [3.05, 3.63) is 64.2 Å². The van der Waals surface area contributed by atoms with Gasteiger partial charge in [0, 0.05) is 5.02 Å². The van der Waals surface area contributed by atoms with Crippen molar-refractivity contribution in [2.75, 3.05) is 5.32 Å². The number of hydrogen-bond donors (Lipinski definition) is 2. The molecule has 7 heteroatoms. The van der Waals surface area contributed by atoms with E-state index in [-0.39, 0.29) is 21.8 Å². The zero-order chi connectivity index (χ0) is 15.6. The van der Waals surface area contributed by atoms with Crippen molar-refractivity contribution in [2.24, 2.45) is 0 Å². The van der Waals surface area contributed by atoms with Gasteiger partial charge in [-0.3, -0.25) is 4.79 Å². The number of nitrogens with one attached hydrogen (secondary N) is 1. The van der Waals surface area contributed by atoms with Gasteiger partial charge in [-0.15, -0.1) is 0 Å². The van der Waals surface area contributed by atoms with Crippen molar-refractivity contribution >= 4 is 29.2 Å². The van der Waals surface area contributed by atoms with E-state index in [2.05, 4.69) is 5.32 Å². The van der Waals surface area contributed by atoms with Crippen LogP contribution in [0.25, 0.3) is 0 Å². The van der Waals surface area contributed by atoms with E-state index >= 15 is 0 Å². The molecule has 0 bridgehead atoms. The van der Waals surface area contributed by atoms with Crippen molar-refractivity contribution in [1.82, 2.24) is 0 Å². The molecular weight excluding hydrogens is 304 g/mol. The second-order valence-electron chi connectivity index (χ2n) is 4.08. The van der Waals surface area contributed by atoms with Gasteiger partial charge in [-0.1, -0.05) is 11.6 Å². The minimum absolute atomic E-state index is 0.156. The quantitative estimate of drug-likeness (QED) is 0.910. The number of rotatable bonds is 3. The van der Waals surface area contributed by atoms with Crippen LogP contribution in [0.3, 0.4) is 0 Å². The largest absolute Gasteiger partial charge is 0.478 e. The summed E-state index contributed by atoms with van der Waals surface area (Å²) in [6, 6.07) is 6.35. The van der Waals surface area contributed by atoms with Crippen LogP contribution in [0.15, 0.2) is 36.4 Å². The lowest BCUT2D eigenvalue weighted by molar-refractivity contribution is 0.0696. The zero-order valence-electron chi connectivity index (χ0n) is 10.4. The maximum atomic E-state index is 13.7. The van der Waals surface area contributed by atoms with Gasteiger partial charge in [0.05, 0.1) is 16.8 Å². The van der Waals surface area contributed by atoms with Crippen LogP contribution < -0.4 is 5.32 Å². The summed E-state index contributed by atoms with van der Waals surface area (Å²) in [6.07, 6.45) is 0. The highest BCUT2D eigenvalue weighted by Crippen LogP contribution is 2.19. The summed E-state index contributed by atoms with van der Waals surface area (Å²) in [4.78, 5) is 22.5. The minimum atomic E-state index is -1.30. The summed E-state index contributed by atoms with van der Waals surface area (Å²) in [5, 5.41) is 11.0. The molecule has 0 unspecified atom stereocenters. The van der Waals surface area contributed by atoms with Crippen LogP contribution in [0.5, 0.6) is 0 Å². The molecule has 0 aliphatic rings. The van der Waals surface area contributed by atoms with E-state index in [1.165, 1.54) is 6.07 Å². The topological polar surface area (TPSA) is 66.4 Å². The molecule has 0 saturated carbocycles. The van der Waals surface area contributed by atoms with Gasteiger partial charge in [0.2, 0.25) is 0 Å². The first-order valence-electron chi connectivity index (χ1n) is 5.67. The van der Waals surface area contributed by atoms with E-state index < -0.39 is 23.5 Å². The Morgan fingerprint density at radius 2 is 1.76 bits per heavy atom. The Bertz CT molecular complexity index is 734. The highest BCUT2D eigenvalue weighted by Gasteiger charge is 2.15. The van der Waals surface area contributed by atoms with E-state index in [0.717, 1.165) is 30.3 Å². The fourth-order valence-electron chi connectivity index (χ4n) is 1.61. The number of amides is 1. The number of carboxylic acid groups (broad SMARTS) is 1. The van der Waals surface area contributed by atoms with Gasteiger partial charge in [-0.2, -0.15) is 0 Å². The zero-order valence-corrected chi connectivity index (χ0v) is 11.1. The fourth-order valence-corrected chi connectivity index (χ4v) is 1.78. The molecule has 2 N–H and O–H groups in total. The molecule has 21 heavy (non-hydrogen) atoms. The number of carbonyl (C=O) groups excluding carboxylic acids is 1. The fraction of sp³-hybridized carbons (Fsp3) is 0. The number of carboxylic acids is 1. The Balaban J connectivity index is 2.27. The van der Waals surface area contributed by atoms with E-state index in [0.29, 0.717) is 0 Å². The summed E-state index contributed by atoms with van der Waals surface area (Å²) >= 11 is 5.66. The molecule has 2 aromatic carbocycles. The molecule has 0 aromatic heterocycles. The third-order valence-electron chi connectivity index (χ3n) is 2.64. The van der Waals surface area contributed by atoms with Gasteiger partial charge in [0.15, 0.2) is 0 Å². The van der Waals surface area contributed by atoms with Crippen molar-refractivity contribution < 1.29 is 23.5 Å². The molecule has 0 aliphatic carbocycles. The second-order valence-corrected chi connectivity index (χ2v) is 4.51. The Morgan fingerprint density at radius 1 is 1.05 bits per heavy atom. The number of halogens is 3. The molecule has 1 amide bonds. The van der Waals surface area contributed by atoms with Crippen molar-refractivity contribution in [3.63, 3.8) is 0 Å². The maximum Gasteiger partial charge on any atom is 0.335 e. The molecule has 0 radical (unpaired) electrons. The third kappa shape index (κ3) is 3.35. The van der Waals surface area contributed by atoms with Gasteiger partial charge in [0.1, 0.15) is 11.6 Å². The molecular formula is C14H8ClF2NO3. The van der Waals surface area contributed by atoms with Crippen LogP contribution in [0.2, 0.25) is 5.02 Å². The molecule has 108 valence electrons. The Morgan fingerprint density at radius 3 is 2.38 bits per heavy atom. The number of hydrogen-bond acceptors (Lipinski definition) is 2. The summed E-state index contributed by atoms with van der Waals surface area (Å²) in [6.45, 7) is 0. The van der Waals surface area contributed by atoms with E-state index in [9.17, 15) is 18.4 Å². The summed E-state index contributed by atoms with van der Waals surface area (Å²) in [5.41, 5.74) is -0.868. The Hall–Kier alpha value is -2.47. The molecule has 0 atom stereocenters. The molecule has 0 saturated heterocycles. The molecule has 0 heterocycles. The van der Waals surface area contributed by atoms with Gasteiger partial charge >= 0.3 is 5.97 Å². The molecule has 2 aromatic rings. The average molecular weight is 312 g/mol. The van der Waals surface area contributed by atoms with Crippen LogP contribution in [-0.2, 0) is 0 Å². The first-order valence-corrected chi connectivity index (χ1v) is 6.05. The standard InChI is InChI=1S/C14H8ClF2NO3/c15-8-2-3-10(16)9(6-8)13(19)18-12-4-1-7(14(20)21)5-11(12)17/h1-6H,(H,18,19)(H,20,21). The van der Waals surface area contributed by atoms with Crippen LogP contribution in [-0.4, -0.2) is 17.0 Å². The highest BCUT2D eigenvalue weighted by molar-refractivity contribution is 6.31. The first-order chi connectivity index (χ1) is 9.88. The van der Waals surface area contributed by atoms with Crippen molar-refractivity contribution in [2.45, 2.75) is 0 Å². The number of anilines is 1. The number of carbonyl (C=O) groups is 2. The molecule has 4 nitrogen and oxygen atoms in total. The van der Waals surface area contributed by atoms with Gasteiger partial charge in [-0.05, 0) is 36.4 Å². The molecule has 2 rings (SSSR count). The number of benzene rings is 2. The SMILES string of the molecule is O=C(O)c1ccc(NC(=O)c2cc(Cl)ccc2F)c(F)c1. The lowest BCUT2D eigenvalue weighted by Gasteiger charge is -2.08. The lowest BCUT2D eigenvalue weighted by atomic mass is 10.1. The summed E-state index contributed by atoms with van der Waals surface area (Å²) in [5.74, 6) is -3.94. The van der Waals surface area contributed by atoms with Crippen LogP contribution in [0, 0.1) is 11.6 Å². The van der Waals surface area contributed by atoms with Gasteiger partial charge in [0.25, 0.3) is 5.91 Å². The lowest BCUT2D eigenvalue weighted by Crippen LogP contribution is -2.15. The highest BCUT2D eigenvalue weighted by atomic mass is 35.5. The molecule has 0 fully saturated rings. The van der Waals surface area contributed by atoms with Crippen LogP contribution in [0.4, 0.5) is 14.5 Å². The van der Waals surface area contributed by atoms with Crippen LogP contribution >= 0.6 is 11.6 Å². The second kappa shape index (κ2) is 5.88. The van der Waals surface area contributed by atoms with E-state index in [1.54, 1.807) is 0 Å². The molecule has 0 aliphatic heterocycles. The minimum Gasteiger partial charge on any atom is -0.478 e.